The second-order valence-electron chi connectivity index (χ2n) is 5.90. The standard InChI is InChI=1S/C16H21FN2O2/c1-11-16(20)19-7-3-4-13(19)10-18(11)9-12-5-6-14(17)15(8-12)21-2/h5-6,8,11,13H,3-4,7,9-10H2,1-2H3/t11-,13+/m1/s1. The van der Waals surface area contributed by atoms with E-state index in [0.717, 1.165) is 31.5 Å². The Kier molecular flexibility index (Phi) is 3.85. The van der Waals surface area contributed by atoms with Gasteiger partial charge in [0.05, 0.1) is 13.2 Å². The van der Waals surface area contributed by atoms with E-state index in [0.29, 0.717) is 12.6 Å². The van der Waals surface area contributed by atoms with Gasteiger partial charge >= 0.3 is 0 Å². The number of carbonyl (C=O) groups excluding carboxylic acids is 1. The lowest BCUT2D eigenvalue weighted by Crippen LogP contribution is -2.58. The van der Waals surface area contributed by atoms with Gasteiger partial charge < -0.3 is 9.64 Å². The predicted molar refractivity (Wildman–Crippen MR) is 77.6 cm³/mol. The topological polar surface area (TPSA) is 32.8 Å². The Morgan fingerprint density at radius 2 is 2.24 bits per heavy atom. The first-order valence-corrected chi connectivity index (χ1v) is 7.47. The van der Waals surface area contributed by atoms with Gasteiger partial charge in [0.25, 0.3) is 0 Å². The third-order valence-corrected chi connectivity index (χ3v) is 4.61. The molecule has 2 atom stereocenters. The second-order valence-corrected chi connectivity index (χ2v) is 5.90. The summed E-state index contributed by atoms with van der Waals surface area (Å²) in [5, 5.41) is 0. The minimum Gasteiger partial charge on any atom is -0.494 e. The molecule has 0 saturated carbocycles. The van der Waals surface area contributed by atoms with Crippen LogP contribution < -0.4 is 4.74 Å². The lowest BCUT2D eigenvalue weighted by Gasteiger charge is -2.41. The maximum atomic E-state index is 13.5. The van der Waals surface area contributed by atoms with E-state index in [1.54, 1.807) is 12.1 Å². The zero-order valence-corrected chi connectivity index (χ0v) is 12.5. The Labute approximate surface area is 124 Å². The van der Waals surface area contributed by atoms with Gasteiger partial charge in [0, 0.05) is 25.7 Å². The first-order valence-electron chi connectivity index (χ1n) is 7.47. The first-order chi connectivity index (χ1) is 10.1. The fourth-order valence-electron chi connectivity index (χ4n) is 3.38. The van der Waals surface area contributed by atoms with Gasteiger partial charge in [0.15, 0.2) is 11.6 Å². The minimum absolute atomic E-state index is 0.115. The maximum Gasteiger partial charge on any atom is 0.239 e. The van der Waals surface area contributed by atoms with Gasteiger partial charge in [0.1, 0.15) is 0 Å². The van der Waals surface area contributed by atoms with E-state index >= 15 is 0 Å². The molecule has 114 valence electrons. The summed E-state index contributed by atoms with van der Waals surface area (Å²) in [6, 6.07) is 5.13. The number of hydrogen-bond donors (Lipinski definition) is 0. The third-order valence-electron chi connectivity index (χ3n) is 4.61. The fraction of sp³-hybridized carbons (Fsp3) is 0.562. The average molecular weight is 292 g/mol. The van der Waals surface area contributed by atoms with Crippen LogP contribution in [0.1, 0.15) is 25.3 Å². The number of piperazine rings is 1. The van der Waals surface area contributed by atoms with Crippen molar-refractivity contribution in [2.45, 2.75) is 38.4 Å². The van der Waals surface area contributed by atoms with Crippen LogP contribution in [0.3, 0.4) is 0 Å². The van der Waals surface area contributed by atoms with Gasteiger partial charge in [-0.25, -0.2) is 4.39 Å². The lowest BCUT2D eigenvalue weighted by atomic mass is 10.1. The Morgan fingerprint density at radius 1 is 1.43 bits per heavy atom. The molecule has 0 unspecified atom stereocenters. The zero-order chi connectivity index (χ0) is 15.0. The van der Waals surface area contributed by atoms with E-state index < -0.39 is 0 Å². The highest BCUT2D eigenvalue weighted by Gasteiger charge is 2.39. The number of fused-ring (bicyclic) bond motifs is 1. The summed E-state index contributed by atoms with van der Waals surface area (Å²) >= 11 is 0. The smallest absolute Gasteiger partial charge is 0.239 e. The van der Waals surface area contributed by atoms with E-state index in [-0.39, 0.29) is 23.5 Å². The van der Waals surface area contributed by atoms with Crippen LogP contribution >= 0.6 is 0 Å². The number of hydrogen-bond acceptors (Lipinski definition) is 3. The summed E-state index contributed by atoms with van der Waals surface area (Å²) in [6.45, 7) is 4.39. The minimum atomic E-state index is -0.356. The molecule has 1 aromatic rings. The van der Waals surface area contributed by atoms with Crippen molar-refractivity contribution in [3.05, 3.63) is 29.6 Å². The lowest BCUT2D eigenvalue weighted by molar-refractivity contribution is -0.143. The molecule has 0 aliphatic carbocycles. The number of methoxy groups -OCH3 is 1. The molecule has 0 bridgehead atoms. The van der Waals surface area contributed by atoms with E-state index in [1.165, 1.54) is 13.2 Å². The quantitative estimate of drug-likeness (QED) is 0.854. The highest BCUT2D eigenvalue weighted by molar-refractivity contribution is 5.83. The molecule has 5 heteroatoms. The molecule has 2 aliphatic rings. The molecule has 2 fully saturated rings. The molecule has 0 spiro atoms. The molecule has 2 aliphatic heterocycles. The Balaban J connectivity index is 1.76. The average Bonchev–Trinajstić information content (AvgIpc) is 2.94. The van der Waals surface area contributed by atoms with Crippen molar-refractivity contribution in [3.8, 4) is 5.75 Å². The molecule has 2 saturated heterocycles. The van der Waals surface area contributed by atoms with Crippen LogP contribution in [0, 0.1) is 5.82 Å². The van der Waals surface area contributed by atoms with Crippen molar-refractivity contribution >= 4 is 5.91 Å². The van der Waals surface area contributed by atoms with E-state index in [1.807, 2.05) is 11.8 Å². The van der Waals surface area contributed by atoms with Crippen molar-refractivity contribution in [2.24, 2.45) is 0 Å². The van der Waals surface area contributed by atoms with Crippen molar-refractivity contribution in [3.63, 3.8) is 0 Å². The third kappa shape index (κ3) is 2.62. The SMILES string of the molecule is COc1cc(CN2C[C@@H]3CCCN3C(=O)[C@H]2C)ccc1F. The molecular formula is C16H21FN2O2. The summed E-state index contributed by atoms with van der Waals surface area (Å²) in [5.74, 6) is 0.120. The number of nitrogens with zero attached hydrogens (tertiary/aromatic N) is 2. The number of ether oxygens (including phenoxy) is 1. The summed E-state index contributed by atoms with van der Waals surface area (Å²) < 4.78 is 18.5. The van der Waals surface area contributed by atoms with Crippen LogP contribution in [0.15, 0.2) is 18.2 Å². The predicted octanol–water partition coefficient (Wildman–Crippen LogP) is 2.03. The highest BCUT2D eigenvalue weighted by Crippen LogP contribution is 2.27. The molecular weight excluding hydrogens is 271 g/mol. The molecule has 21 heavy (non-hydrogen) atoms. The van der Waals surface area contributed by atoms with Crippen LogP contribution in [0.25, 0.3) is 0 Å². The number of halogens is 1. The number of carbonyl (C=O) groups is 1. The molecule has 0 aromatic heterocycles. The molecule has 0 N–H and O–H groups in total. The van der Waals surface area contributed by atoms with Gasteiger partial charge in [0.2, 0.25) is 5.91 Å². The van der Waals surface area contributed by atoms with Gasteiger partial charge in [-0.15, -0.1) is 0 Å². The molecule has 2 heterocycles. The van der Waals surface area contributed by atoms with Crippen LogP contribution in [0.2, 0.25) is 0 Å². The second kappa shape index (κ2) is 5.64. The Bertz CT molecular complexity index is 549. The Hall–Kier alpha value is -1.62. The van der Waals surface area contributed by atoms with E-state index in [9.17, 15) is 9.18 Å². The van der Waals surface area contributed by atoms with Crippen molar-refractivity contribution in [1.29, 1.82) is 0 Å². The highest BCUT2D eigenvalue weighted by atomic mass is 19.1. The van der Waals surface area contributed by atoms with E-state index in [2.05, 4.69) is 4.90 Å². The van der Waals surface area contributed by atoms with Gasteiger partial charge in [-0.2, -0.15) is 0 Å². The van der Waals surface area contributed by atoms with Crippen molar-refractivity contribution in [2.75, 3.05) is 20.2 Å². The zero-order valence-electron chi connectivity index (χ0n) is 12.5. The van der Waals surface area contributed by atoms with Crippen LogP contribution in [-0.4, -0.2) is 48.0 Å². The molecule has 3 rings (SSSR count). The van der Waals surface area contributed by atoms with Gasteiger partial charge in [-0.05, 0) is 37.5 Å². The summed E-state index contributed by atoms with van der Waals surface area (Å²) in [6.07, 6.45) is 2.18. The first kappa shape index (κ1) is 14.3. The van der Waals surface area contributed by atoms with E-state index in [4.69, 9.17) is 4.74 Å². The largest absolute Gasteiger partial charge is 0.494 e. The van der Waals surface area contributed by atoms with Crippen molar-refractivity contribution in [1.82, 2.24) is 9.80 Å². The Morgan fingerprint density at radius 3 is 3.00 bits per heavy atom. The van der Waals surface area contributed by atoms with Gasteiger partial charge in [-0.1, -0.05) is 6.07 Å². The maximum absolute atomic E-state index is 13.5. The molecule has 1 aromatic carbocycles. The van der Waals surface area contributed by atoms with Gasteiger partial charge in [-0.3, -0.25) is 9.69 Å². The van der Waals surface area contributed by atoms with Crippen molar-refractivity contribution < 1.29 is 13.9 Å². The van der Waals surface area contributed by atoms with Crippen LogP contribution in [-0.2, 0) is 11.3 Å². The number of amides is 1. The summed E-state index contributed by atoms with van der Waals surface area (Å²) in [5.41, 5.74) is 0.972. The normalized spacial score (nSPS) is 26.0. The van der Waals surface area contributed by atoms with Crippen LogP contribution in [0.4, 0.5) is 4.39 Å². The fourth-order valence-corrected chi connectivity index (χ4v) is 3.38. The molecule has 0 radical (unpaired) electrons. The summed E-state index contributed by atoms with van der Waals surface area (Å²) in [4.78, 5) is 16.6. The number of rotatable bonds is 3. The molecule has 1 amide bonds. The monoisotopic (exact) mass is 292 g/mol. The molecule has 4 nitrogen and oxygen atoms in total. The number of benzene rings is 1. The summed E-state index contributed by atoms with van der Waals surface area (Å²) in [7, 11) is 1.46. The van der Waals surface area contributed by atoms with Crippen LogP contribution in [0.5, 0.6) is 5.75 Å².